The van der Waals surface area contributed by atoms with Crippen molar-refractivity contribution < 1.29 is 0 Å². The van der Waals surface area contributed by atoms with Crippen LogP contribution in [-0.2, 0) is 0 Å². The Balaban J connectivity index is 3.88. The Kier molecular flexibility index (Phi) is 3.31. The third-order valence-corrected chi connectivity index (χ3v) is 1.36. The first-order valence-electron chi connectivity index (χ1n) is 2.94. The molecule has 0 bridgehead atoms. The van der Waals surface area contributed by atoms with E-state index in [1.165, 1.54) is 0 Å². The van der Waals surface area contributed by atoms with Crippen LogP contribution in [0.4, 0.5) is 0 Å². The Hall–Kier alpha value is 0.0669. The van der Waals surface area contributed by atoms with Crippen molar-refractivity contribution in [1.82, 2.24) is 0 Å². The summed E-state index contributed by atoms with van der Waals surface area (Å²) in [6.07, 6.45) is 0. The molecule has 0 aliphatic rings. The number of rotatable bonds is 0. The molecule has 9 heavy (non-hydrogen) atoms. The van der Waals surface area contributed by atoms with Crippen molar-refractivity contribution in [3.8, 4) is 11.5 Å². The van der Waals surface area contributed by atoms with Gasteiger partial charge in [0, 0.05) is 5.41 Å². The van der Waals surface area contributed by atoms with Gasteiger partial charge in [-0.3, -0.25) is 0 Å². The highest BCUT2D eigenvalue weighted by Crippen LogP contribution is 2.09. The summed E-state index contributed by atoms with van der Waals surface area (Å²) in [5.41, 5.74) is 3.11. The van der Waals surface area contributed by atoms with Crippen LogP contribution in [0.25, 0.3) is 0 Å². The predicted octanol–water partition coefficient (Wildman–Crippen LogP) is 2.44. The second kappa shape index (κ2) is 3.29. The zero-order valence-electron chi connectivity index (χ0n) is 6.38. The van der Waals surface area contributed by atoms with Crippen molar-refractivity contribution in [3.05, 3.63) is 0 Å². The Bertz CT molecular complexity index is 133. The van der Waals surface area contributed by atoms with E-state index in [0.29, 0.717) is 0 Å². The van der Waals surface area contributed by atoms with Crippen molar-refractivity contribution in [2.45, 2.75) is 27.3 Å². The first-order chi connectivity index (χ1) is 3.92. The minimum absolute atomic E-state index is 0.112. The molecule has 0 heterocycles. The molecular formula is C7H12ClSi. The fourth-order valence-electron chi connectivity index (χ4n) is 0.274. The van der Waals surface area contributed by atoms with Crippen LogP contribution in [0.3, 0.4) is 0 Å². The zero-order valence-corrected chi connectivity index (χ0v) is 8.13. The second-order valence-electron chi connectivity index (χ2n) is 3.03. The predicted molar refractivity (Wildman–Crippen MR) is 44.7 cm³/mol. The molecule has 0 aromatic rings. The Morgan fingerprint density at radius 3 is 1.89 bits per heavy atom. The molecule has 51 valence electrons. The molecule has 0 spiro atoms. The summed E-state index contributed by atoms with van der Waals surface area (Å²) < 4.78 is 0. The first-order valence-corrected chi connectivity index (χ1v) is 5.95. The van der Waals surface area contributed by atoms with Gasteiger partial charge in [0.1, 0.15) is 0 Å². The van der Waals surface area contributed by atoms with Gasteiger partial charge in [0.15, 0.2) is 0 Å². The van der Waals surface area contributed by atoms with E-state index in [4.69, 9.17) is 11.1 Å². The maximum absolute atomic E-state index is 5.71. The number of hydrogen-bond donors (Lipinski definition) is 0. The van der Waals surface area contributed by atoms with E-state index in [0.717, 1.165) is 0 Å². The van der Waals surface area contributed by atoms with Gasteiger partial charge in [-0.1, -0.05) is 0 Å². The lowest BCUT2D eigenvalue weighted by atomic mass is 9.99. The third kappa shape index (κ3) is 8.07. The van der Waals surface area contributed by atoms with Crippen molar-refractivity contribution >= 4 is 19.2 Å². The van der Waals surface area contributed by atoms with Gasteiger partial charge in [0.05, 0.1) is 0 Å². The zero-order chi connectivity index (χ0) is 7.49. The smallest absolute Gasteiger partial charge is 0.151 e. The van der Waals surface area contributed by atoms with Crippen LogP contribution in [0.1, 0.15) is 20.8 Å². The van der Waals surface area contributed by atoms with E-state index in [-0.39, 0.29) is 5.41 Å². The van der Waals surface area contributed by atoms with Crippen LogP contribution in [0, 0.1) is 16.9 Å². The highest BCUT2D eigenvalue weighted by Gasteiger charge is 2.03. The lowest BCUT2D eigenvalue weighted by molar-refractivity contribution is 0.571. The van der Waals surface area contributed by atoms with Gasteiger partial charge in [-0.05, 0) is 27.3 Å². The van der Waals surface area contributed by atoms with Gasteiger partial charge in [-0.15, -0.1) is 11.5 Å². The van der Waals surface area contributed by atoms with Crippen LogP contribution in [0.2, 0.25) is 6.55 Å². The quantitative estimate of drug-likeness (QED) is 0.290. The van der Waals surface area contributed by atoms with Crippen molar-refractivity contribution in [2.24, 2.45) is 5.41 Å². The van der Waals surface area contributed by atoms with E-state index in [1.54, 1.807) is 0 Å². The molecule has 0 rings (SSSR count). The maximum Gasteiger partial charge on any atom is 0.250 e. The van der Waals surface area contributed by atoms with E-state index in [9.17, 15) is 0 Å². The molecule has 0 aromatic carbocycles. The molecule has 0 N–H and O–H groups in total. The Labute approximate surface area is 63.9 Å². The van der Waals surface area contributed by atoms with Crippen LogP contribution >= 0.6 is 11.1 Å². The van der Waals surface area contributed by atoms with Crippen LogP contribution < -0.4 is 0 Å². The molecule has 0 nitrogen and oxygen atoms in total. The van der Waals surface area contributed by atoms with E-state index in [1.807, 2.05) is 6.55 Å². The number of halogens is 1. The third-order valence-electron chi connectivity index (χ3n) is 0.610. The Morgan fingerprint density at radius 1 is 1.33 bits per heavy atom. The molecule has 0 fully saturated rings. The molecule has 0 atom stereocenters. The fraction of sp³-hybridized carbons (Fsp3) is 0.714. The molecule has 2 heteroatoms. The van der Waals surface area contributed by atoms with Gasteiger partial charge in [0.25, 0.3) is 8.11 Å². The minimum atomic E-state index is -0.856. The highest BCUT2D eigenvalue weighted by atomic mass is 35.6. The molecule has 0 saturated heterocycles. The van der Waals surface area contributed by atoms with Gasteiger partial charge in [-0.2, -0.15) is 11.1 Å². The lowest BCUT2D eigenvalue weighted by Gasteiger charge is -2.06. The average molecular weight is 160 g/mol. The maximum atomic E-state index is 5.71. The summed E-state index contributed by atoms with van der Waals surface area (Å²) in [5.74, 6) is 3.08. The molecule has 0 unspecified atom stereocenters. The molecule has 0 aliphatic heterocycles. The standard InChI is InChI=1S/C7H12ClSi/c1-7(2,3)5-6-9(4)8/h1-4H3. The average Bonchev–Trinajstić information content (AvgIpc) is 1.59. The SMILES string of the molecule is C[Si](Cl)C#CC(C)(C)C. The highest BCUT2D eigenvalue weighted by molar-refractivity contribution is 7.10. The normalized spacial score (nSPS) is 10.9. The molecule has 0 saturated carbocycles. The summed E-state index contributed by atoms with van der Waals surface area (Å²) in [6.45, 7) is 8.23. The van der Waals surface area contributed by atoms with Crippen molar-refractivity contribution in [1.29, 1.82) is 0 Å². The monoisotopic (exact) mass is 159 g/mol. The first kappa shape index (κ1) is 9.07. The minimum Gasteiger partial charge on any atom is -0.151 e. The van der Waals surface area contributed by atoms with Gasteiger partial charge < -0.3 is 0 Å². The molecular weight excluding hydrogens is 148 g/mol. The van der Waals surface area contributed by atoms with Gasteiger partial charge >= 0.3 is 0 Å². The summed E-state index contributed by atoms with van der Waals surface area (Å²) in [7, 11) is -0.856. The molecule has 0 aromatic heterocycles. The van der Waals surface area contributed by atoms with E-state index >= 15 is 0 Å². The van der Waals surface area contributed by atoms with Crippen LogP contribution in [0.15, 0.2) is 0 Å². The number of hydrogen-bond acceptors (Lipinski definition) is 0. The second-order valence-corrected chi connectivity index (χ2v) is 6.05. The Morgan fingerprint density at radius 2 is 1.78 bits per heavy atom. The fourth-order valence-corrected chi connectivity index (χ4v) is 0.963. The van der Waals surface area contributed by atoms with Crippen LogP contribution in [-0.4, -0.2) is 8.11 Å². The summed E-state index contributed by atoms with van der Waals surface area (Å²) >= 11 is 5.71. The van der Waals surface area contributed by atoms with Gasteiger partial charge in [0.2, 0.25) is 0 Å². The summed E-state index contributed by atoms with van der Waals surface area (Å²) in [4.78, 5) is 0. The summed E-state index contributed by atoms with van der Waals surface area (Å²) in [6, 6.07) is 0. The van der Waals surface area contributed by atoms with Crippen LogP contribution in [0.5, 0.6) is 0 Å². The molecule has 0 amide bonds. The van der Waals surface area contributed by atoms with E-state index in [2.05, 4.69) is 32.2 Å². The van der Waals surface area contributed by atoms with E-state index < -0.39 is 8.11 Å². The van der Waals surface area contributed by atoms with Crippen molar-refractivity contribution in [2.75, 3.05) is 0 Å². The van der Waals surface area contributed by atoms with Gasteiger partial charge in [-0.25, -0.2) is 0 Å². The topological polar surface area (TPSA) is 0 Å². The molecule has 0 aliphatic carbocycles. The largest absolute Gasteiger partial charge is 0.250 e. The van der Waals surface area contributed by atoms with Crippen molar-refractivity contribution in [3.63, 3.8) is 0 Å². The molecule has 1 radical (unpaired) electrons. The lowest BCUT2D eigenvalue weighted by Crippen LogP contribution is -2.01. The summed E-state index contributed by atoms with van der Waals surface area (Å²) in [5, 5.41) is 0.